The largest absolute Gasteiger partial charge is 0.496 e. The Morgan fingerprint density at radius 2 is 1.76 bits per heavy atom. The van der Waals surface area contributed by atoms with Crippen LogP contribution in [0.15, 0.2) is 41.3 Å². The number of benzene rings is 2. The maximum absolute atomic E-state index is 13.3. The Morgan fingerprint density at radius 3 is 2.38 bits per heavy atom. The molecule has 0 aromatic heterocycles. The highest BCUT2D eigenvalue weighted by molar-refractivity contribution is 7.86. The fourth-order valence-corrected chi connectivity index (χ4v) is 7.16. The number of hydrogen-bond acceptors (Lipinski definition) is 5. The SMILES string of the molecule is COc1cc2c(cc1C(C)C)CCC1[C@@](C)(COS(=O)(=O)c3ccc(C)cc3)C(=O)CC[C@]21C. The number of aryl methyl sites for hydroxylation is 2. The van der Waals surface area contributed by atoms with Gasteiger partial charge in [0.25, 0.3) is 10.1 Å². The zero-order valence-corrected chi connectivity index (χ0v) is 21.9. The van der Waals surface area contributed by atoms with Gasteiger partial charge in [0.1, 0.15) is 11.5 Å². The van der Waals surface area contributed by atoms with Crippen LogP contribution < -0.4 is 4.74 Å². The van der Waals surface area contributed by atoms with Gasteiger partial charge < -0.3 is 4.74 Å². The molecule has 2 aliphatic carbocycles. The summed E-state index contributed by atoms with van der Waals surface area (Å²) in [6.45, 7) is 10.2. The van der Waals surface area contributed by atoms with Crippen LogP contribution in [0.3, 0.4) is 0 Å². The Kier molecular flexibility index (Phi) is 6.45. The van der Waals surface area contributed by atoms with Crippen molar-refractivity contribution in [2.45, 2.75) is 76.5 Å². The van der Waals surface area contributed by atoms with Crippen molar-refractivity contribution in [1.82, 2.24) is 0 Å². The van der Waals surface area contributed by atoms with E-state index in [1.54, 1.807) is 31.4 Å². The molecule has 1 saturated carbocycles. The minimum absolute atomic E-state index is 0.0171. The molecule has 0 spiro atoms. The lowest BCUT2D eigenvalue weighted by atomic mass is 9.49. The van der Waals surface area contributed by atoms with Crippen molar-refractivity contribution in [3.05, 3.63) is 58.7 Å². The van der Waals surface area contributed by atoms with E-state index < -0.39 is 15.5 Å². The zero-order valence-electron chi connectivity index (χ0n) is 21.1. The molecule has 2 aliphatic rings. The van der Waals surface area contributed by atoms with E-state index in [4.69, 9.17) is 8.92 Å². The quantitative estimate of drug-likeness (QED) is 0.490. The molecule has 0 bridgehead atoms. The summed E-state index contributed by atoms with van der Waals surface area (Å²) in [6.07, 6.45) is 2.83. The number of methoxy groups -OCH3 is 1. The Hall–Kier alpha value is -2.18. The summed E-state index contributed by atoms with van der Waals surface area (Å²) in [6, 6.07) is 11.0. The van der Waals surface area contributed by atoms with Crippen LogP contribution in [0.2, 0.25) is 0 Å². The van der Waals surface area contributed by atoms with Crippen molar-refractivity contribution in [2.24, 2.45) is 11.3 Å². The number of ketones is 1. The van der Waals surface area contributed by atoms with Crippen molar-refractivity contribution >= 4 is 15.9 Å². The summed E-state index contributed by atoms with van der Waals surface area (Å²) in [5.41, 5.74) is 3.58. The first-order chi connectivity index (χ1) is 15.9. The lowest BCUT2D eigenvalue weighted by Gasteiger charge is -2.54. The van der Waals surface area contributed by atoms with Gasteiger partial charge in [-0.1, -0.05) is 51.5 Å². The molecule has 0 N–H and O–H groups in total. The Balaban J connectivity index is 1.68. The molecule has 184 valence electrons. The van der Waals surface area contributed by atoms with E-state index in [1.807, 2.05) is 13.8 Å². The third-order valence-electron chi connectivity index (χ3n) is 8.27. The van der Waals surface area contributed by atoms with E-state index in [-0.39, 0.29) is 28.6 Å². The van der Waals surface area contributed by atoms with Crippen LogP contribution in [0, 0.1) is 18.3 Å². The lowest BCUT2D eigenvalue weighted by molar-refractivity contribution is -0.141. The number of fused-ring (bicyclic) bond motifs is 3. The van der Waals surface area contributed by atoms with Gasteiger partial charge >= 0.3 is 0 Å². The first kappa shape index (κ1) is 24.9. The minimum Gasteiger partial charge on any atom is -0.496 e. The van der Waals surface area contributed by atoms with Crippen molar-refractivity contribution in [1.29, 1.82) is 0 Å². The molecule has 6 heteroatoms. The molecule has 0 radical (unpaired) electrons. The fraction of sp³-hybridized carbons (Fsp3) is 0.536. The van der Waals surface area contributed by atoms with Crippen LogP contribution in [0.25, 0.3) is 0 Å². The molecular formula is C28H36O5S. The highest BCUT2D eigenvalue weighted by Crippen LogP contribution is 2.57. The van der Waals surface area contributed by atoms with Crippen LogP contribution in [-0.2, 0) is 30.9 Å². The van der Waals surface area contributed by atoms with Gasteiger partial charge in [0.05, 0.1) is 24.0 Å². The predicted molar refractivity (Wildman–Crippen MR) is 133 cm³/mol. The Labute approximate surface area is 204 Å². The second-order valence-electron chi connectivity index (χ2n) is 10.8. The van der Waals surface area contributed by atoms with E-state index in [0.717, 1.165) is 30.6 Å². The van der Waals surface area contributed by atoms with E-state index >= 15 is 0 Å². The summed E-state index contributed by atoms with van der Waals surface area (Å²) in [7, 11) is -2.25. The Morgan fingerprint density at radius 1 is 1.09 bits per heavy atom. The topological polar surface area (TPSA) is 69.7 Å². The first-order valence-corrected chi connectivity index (χ1v) is 13.5. The number of carbonyl (C=O) groups excluding carboxylic acids is 1. The molecule has 1 unspecified atom stereocenters. The molecule has 1 fully saturated rings. The van der Waals surface area contributed by atoms with E-state index in [1.165, 1.54) is 16.7 Å². The van der Waals surface area contributed by atoms with Crippen LogP contribution in [0.5, 0.6) is 5.75 Å². The van der Waals surface area contributed by atoms with Gasteiger partial charge in [-0.25, -0.2) is 0 Å². The van der Waals surface area contributed by atoms with Gasteiger partial charge in [-0.3, -0.25) is 8.98 Å². The number of rotatable bonds is 6. The van der Waals surface area contributed by atoms with E-state index in [0.29, 0.717) is 12.3 Å². The molecule has 0 aliphatic heterocycles. The van der Waals surface area contributed by atoms with E-state index in [9.17, 15) is 13.2 Å². The maximum atomic E-state index is 13.3. The maximum Gasteiger partial charge on any atom is 0.297 e. The molecule has 0 amide bonds. The normalized spacial score (nSPS) is 26.8. The number of Topliss-reactive ketones (excluding diaryl/α,β-unsaturated/α-hetero) is 1. The number of carbonyl (C=O) groups is 1. The lowest BCUT2D eigenvalue weighted by Crippen LogP contribution is -2.55. The van der Waals surface area contributed by atoms with Gasteiger partial charge in [-0.2, -0.15) is 8.42 Å². The number of ether oxygens (including phenoxy) is 1. The summed E-state index contributed by atoms with van der Waals surface area (Å²) >= 11 is 0. The highest BCUT2D eigenvalue weighted by Gasteiger charge is 2.56. The molecule has 4 rings (SSSR count). The molecule has 5 nitrogen and oxygen atoms in total. The van der Waals surface area contributed by atoms with Gasteiger partial charge in [-0.15, -0.1) is 0 Å². The number of hydrogen-bond donors (Lipinski definition) is 0. The second kappa shape index (κ2) is 8.80. The van der Waals surface area contributed by atoms with Crippen LogP contribution >= 0.6 is 0 Å². The summed E-state index contributed by atoms with van der Waals surface area (Å²) in [5.74, 6) is 1.30. The van der Waals surface area contributed by atoms with Crippen LogP contribution in [0.1, 0.15) is 75.1 Å². The van der Waals surface area contributed by atoms with Crippen molar-refractivity contribution < 1.29 is 22.1 Å². The molecule has 2 aromatic rings. The molecule has 3 atom stereocenters. The van der Waals surface area contributed by atoms with Crippen molar-refractivity contribution in [3.8, 4) is 5.75 Å². The van der Waals surface area contributed by atoms with Crippen molar-refractivity contribution in [3.63, 3.8) is 0 Å². The standard InChI is InChI=1S/C28H36O5S/c1-18(2)22-15-20-9-12-25-27(4,23(20)16-24(22)32-6)14-13-26(29)28(25,5)17-33-34(30,31)21-10-7-19(3)8-11-21/h7-8,10-11,15-16,18,25H,9,12-14,17H2,1-6H3/t25?,27-,28-/m1/s1. The van der Waals surface area contributed by atoms with Gasteiger partial charge in [-0.05, 0) is 78.3 Å². The minimum atomic E-state index is -3.95. The second-order valence-corrected chi connectivity index (χ2v) is 12.4. The van der Waals surface area contributed by atoms with Crippen LogP contribution in [-0.4, -0.2) is 27.9 Å². The fourth-order valence-electron chi connectivity index (χ4n) is 6.15. The third kappa shape index (κ3) is 4.09. The molecule has 0 saturated heterocycles. The average molecular weight is 485 g/mol. The molecular weight excluding hydrogens is 448 g/mol. The monoisotopic (exact) mass is 484 g/mol. The van der Waals surface area contributed by atoms with Crippen molar-refractivity contribution in [2.75, 3.05) is 13.7 Å². The third-order valence-corrected chi connectivity index (χ3v) is 9.54. The first-order valence-electron chi connectivity index (χ1n) is 12.1. The molecule has 34 heavy (non-hydrogen) atoms. The molecule has 0 heterocycles. The predicted octanol–water partition coefficient (Wildman–Crippen LogP) is 5.72. The van der Waals surface area contributed by atoms with Crippen LogP contribution in [0.4, 0.5) is 0 Å². The highest BCUT2D eigenvalue weighted by atomic mass is 32.2. The zero-order chi connectivity index (χ0) is 24.9. The Bertz CT molecular complexity index is 1200. The summed E-state index contributed by atoms with van der Waals surface area (Å²) in [5, 5.41) is 0. The summed E-state index contributed by atoms with van der Waals surface area (Å²) < 4.78 is 37.1. The smallest absolute Gasteiger partial charge is 0.297 e. The molecule has 2 aromatic carbocycles. The van der Waals surface area contributed by atoms with Gasteiger partial charge in [0.2, 0.25) is 0 Å². The average Bonchev–Trinajstić information content (AvgIpc) is 2.80. The van der Waals surface area contributed by atoms with Gasteiger partial charge in [0, 0.05) is 6.42 Å². The van der Waals surface area contributed by atoms with Gasteiger partial charge in [0.15, 0.2) is 0 Å². The van der Waals surface area contributed by atoms with E-state index in [2.05, 4.69) is 32.9 Å². The summed E-state index contributed by atoms with van der Waals surface area (Å²) in [4.78, 5) is 13.4.